The zero-order chi connectivity index (χ0) is 20.7. The summed E-state index contributed by atoms with van der Waals surface area (Å²) < 4.78 is 29.9. The van der Waals surface area contributed by atoms with Crippen LogP contribution in [0.15, 0.2) is 68.8 Å². The maximum Gasteiger partial charge on any atom is 0.322 e. The van der Waals surface area contributed by atoms with Crippen LogP contribution in [0.4, 0.5) is 6.01 Å². The van der Waals surface area contributed by atoms with Gasteiger partial charge in [0, 0.05) is 28.5 Å². The standard InChI is InChI=1S/C19H18ClN3O4S2/c20-14-6-8-15(9-7-14)28-12-10-17(24)21-19-23-22-18(27-19)11-13-29(25,26)16-4-2-1-3-5-16/h1-9H,10-13H2,(H,21,23,24). The second-order valence-electron chi connectivity index (χ2n) is 5.98. The third-order valence-electron chi connectivity index (χ3n) is 3.81. The van der Waals surface area contributed by atoms with Gasteiger partial charge in [0.25, 0.3) is 0 Å². The van der Waals surface area contributed by atoms with Crippen molar-refractivity contribution in [3.63, 3.8) is 0 Å². The first-order valence-corrected chi connectivity index (χ1v) is 11.7. The molecule has 29 heavy (non-hydrogen) atoms. The van der Waals surface area contributed by atoms with Crippen molar-refractivity contribution in [3.8, 4) is 0 Å². The Hall–Kier alpha value is -2.36. The number of hydrogen-bond acceptors (Lipinski definition) is 7. The Morgan fingerprint density at radius 1 is 1.07 bits per heavy atom. The number of nitrogens with zero attached hydrogens (tertiary/aromatic N) is 2. The van der Waals surface area contributed by atoms with Crippen LogP contribution in [0.2, 0.25) is 5.02 Å². The molecule has 10 heteroatoms. The van der Waals surface area contributed by atoms with E-state index < -0.39 is 9.84 Å². The number of carbonyl (C=O) groups excluding carboxylic acids is 1. The van der Waals surface area contributed by atoms with Crippen molar-refractivity contribution < 1.29 is 17.6 Å². The van der Waals surface area contributed by atoms with Crippen LogP contribution in [0.25, 0.3) is 0 Å². The van der Waals surface area contributed by atoms with Crippen LogP contribution >= 0.6 is 23.4 Å². The lowest BCUT2D eigenvalue weighted by Gasteiger charge is -2.02. The molecule has 0 spiro atoms. The molecule has 7 nitrogen and oxygen atoms in total. The summed E-state index contributed by atoms with van der Waals surface area (Å²) in [4.78, 5) is 13.3. The molecular formula is C19H18ClN3O4S2. The van der Waals surface area contributed by atoms with Gasteiger partial charge in [-0.15, -0.1) is 16.9 Å². The Bertz CT molecular complexity index is 1050. The van der Waals surface area contributed by atoms with Gasteiger partial charge in [-0.3, -0.25) is 10.1 Å². The monoisotopic (exact) mass is 451 g/mol. The fourth-order valence-corrected chi connectivity index (χ4v) is 4.58. The zero-order valence-corrected chi connectivity index (χ0v) is 17.6. The molecule has 152 valence electrons. The predicted molar refractivity (Wildman–Crippen MR) is 112 cm³/mol. The highest BCUT2D eigenvalue weighted by molar-refractivity contribution is 7.99. The number of sulfone groups is 1. The van der Waals surface area contributed by atoms with Gasteiger partial charge in [-0.05, 0) is 36.4 Å². The van der Waals surface area contributed by atoms with Gasteiger partial charge in [0.15, 0.2) is 9.84 Å². The van der Waals surface area contributed by atoms with E-state index in [0.717, 1.165) is 4.90 Å². The normalized spacial score (nSPS) is 11.3. The van der Waals surface area contributed by atoms with E-state index >= 15 is 0 Å². The minimum atomic E-state index is -3.44. The molecule has 0 saturated heterocycles. The first-order valence-electron chi connectivity index (χ1n) is 8.71. The minimum absolute atomic E-state index is 0.0430. The molecule has 0 saturated carbocycles. The maximum atomic E-state index is 12.3. The molecular weight excluding hydrogens is 434 g/mol. The Labute approximate surface area is 177 Å². The van der Waals surface area contributed by atoms with Gasteiger partial charge >= 0.3 is 6.01 Å². The third-order valence-corrected chi connectivity index (χ3v) is 6.81. The number of amides is 1. The molecule has 0 aliphatic rings. The molecule has 0 fully saturated rings. The van der Waals surface area contributed by atoms with E-state index in [2.05, 4.69) is 15.5 Å². The van der Waals surface area contributed by atoms with E-state index in [9.17, 15) is 13.2 Å². The number of rotatable bonds is 9. The van der Waals surface area contributed by atoms with Crippen LogP contribution in [-0.2, 0) is 21.1 Å². The summed E-state index contributed by atoms with van der Waals surface area (Å²) in [6.07, 6.45) is 0.319. The minimum Gasteiger partial charge on any atom is -0.408 e. The average molecular weight is 452 g/mol. The second kappa shape index (κ2) is 9.91. The highest BCUT2D eigenvalue weighted by atomic mass is 35.5. The first kappa shape index (κ1) is 21.4. The average Bonchev–Trinajstić information content (AvgIpc) is 3.16. The number of carbonyl (C=O) groups is 1. The molecule has 1 amide bonds. The first-order chi connectivity index (χ1) is 13.9. The molecule has 0 unspecified atom stereocenters. The summed E-state index contributed by atoms with van der Waals surface area (Å²) in [5, 5.41) is 10.7. The van der Waals surface area contributed by atoms with Gasteiger partial charge in [0.1, 0.15) is 0 Å². The summed E-state index contributed by atoms with van der Waals surface area (Å²) >= 11 is 7.37. The molecule has 3 rings (SSSR count). The van der Waals surface area contributed by atoms with Crippen molar-refractivity contribution in [3.05, 3.63) is 65.5 Å². The molecule has 0 aliphatic carbocycles. The number of nitrogens with one attached hydrogen (secondary N) is 1. The number of aromatic nitrogens is 2. The van der Waals surface area contributed by atoms with Gasteiger partial charge in [0.2, 0.25) is 11.8 Å². The SMILES string of the molecule is O=C(CCSc1ccc(Cl)cc1)Nc1nnc(CCS(=O)(=O)c2ccccc2)o1. The van der Waals surface area contributed by atoms with Crippen LogP contribution < -0.4 is 5.32 Å². The van der Waals surface area contributed by atoms with Gasteiger partial charge < -0.3 is 4.42 Å². The van der Waals surface area contributed by atoms with Gasteiger partial charge in [0.05, 0.1) is 10.6 Å². The number of halogens is 1. The smallest absolute Gasteiger partial charge is 0.322 e. The van der Waals surface area contributed by atoms with E-state index in [1.165, 1.54) is 23.9 Å². The molecule has 2 aromatic carbocycles. The molecule has 1 aromatic heterocycles. The van der Waals surface area contributed by atoms with Crippen molar-refractivity contribution in [1.82, 2.24) is 10.2 Å². The fraction of sp³-hybridized carbons (Fsp3) is 0.211. The fourth-order valence-electron chi connectivity index (χ4n) is 2.35. The third kappa shape index (κ3) is 6.59. The number of thioether (sulfide) groups is 1. The highest BCUT2D eigenvalue weighted by Gasteiger charge is 2.17. The lowest BCUT2D eigenvalue weighted by atomic mass is 10.4. The molecule has 0 atom stereocenters. The number of anilines is 1. The molecule has 0 radical (unpaired) electrons. The topological polar surface area (TPSA) is 102 Å². The van der Waals surface area contributed by atoms with Crippen molar-refractivity contribution >= 4 is 45.1 Å². The highest BCUT2D eigenvalue weighted by Crippen LogP contribution is 2.21. The Morgan fingerprint density at radius 3 is 2.52 bits per heavy atom. The van der Waals surface area contributed by atoms with Crippen LogP contribution in [0.1, 0.15) is 12.3 Å². The van der Waals surface area contributed by atoms with Gasteiger partial charge in [-0.25, -0.2) is 8.42 Å². The molecule has 1 N–H and O–H groups in total. The molecule has 1 heterocycles. The zero-order valence-electron chi connectivity index (χ0n) is 15.2. The summed E-state index contributed by atoms with van der Waals surface area (Å²) in [6, 6.07) is 15.5. The van der Waals surface area contributed by atoms with Crippen LogP contribution in [0, 0.1) is 0 Å². The van der Waals surface area contributed by atoms with Gasteiger partial charge in [-0.1, -0.05) is 34.9 Å². The lowest BCUT2D eigenvalue weighted by molar-refractivity contribution is -0.115. The lowest BCUT2D eigenvalue weighted by Crippen LogP contribution is -2.12. The van der Waals surface area contributed by atoms with Gasteiger partial charge in [-0.2, -0.15) is 0 Å². The van der Waals surface area contributed by atoms with Crippen LogP contribution in [0.5, 0.6) is 0 Å². The van der Waals surface area contributed by atoms with Crippen molar-refractivity contribution in [2.24, 2.45) is 0 Å². The molecule has 0 bridgehead atoms. The van der Waals surface area contributed by atoms with Crippen molar-refractivity contribution in [1.29, 1.82) is 0 Å². The van der Waals surface area contributed by atoms with E-state index in [1.807, 2.05) is 12.1 Å². The van der Waals surface area contributed by atoms with Crippen molar-refractivity contribution in [2.75, 3.05) is 16.8 Å². The number of aryl methyl sites for hydroxylation is 1. The number of benzene rings is 2. The van der Waals surface area contributed by atoms with Crippen molar-refractivity contribution in [2.45, 2.75) is 22.6 Å². The molecule has 0 aliphatic heterocycles. The van der Waals surface area contributed by atoms with E-state index in [-0.39, 0.29) is 41.3 Å². The van der Waals surface area contributed by atoms with Crippen LogP contribution in [0.3, 0.4) is 0 Å². The Kier molecular flexibility index (Phi) is 7.29. The van der Waals surface area contributed by atoms with Crippen LogP contribution in [-0.4, -0.2) is 36.0 Å². The largest absolute Gasteiger partial charge is 0.408 e. The van der Waals surface area contributed by atoms with E-state index in [4.69, 9.17) is 16.0 Å². The Balaban J connectivity index is 1.44. The molecule has 3 aromatic rings. The summed E-state index contributed by atoms with van der Waals surface area (Å²) in [7, 11) is -3.44. The second-order valence-corrected chi connectivity index (χ2v) is 9.70. The predicted octanol–water partition coefficient (Wildman–Crippen LogP) is 3.86. The van der Waals surface area contributed by atoms with E-state index in [1.54, 1.807) is 30.3 Å². The summed E-state index contributed by atoms with van der Waals surface area (Å²) in [6.45, 7) is 0. The summed E-state index contributed by atoms with van der Waals surface area (Å²) in [5.41, 5.74) is 0. The Morgan fingerprint density at radius 2 is 1.79 bits per heavy atom. The maximum absolute atomic E-state index is 12.3. The quantitative estimate of drug-likeness (QED) is 0.492. The van der Waals surface area contributed by atoms with E-state index in [0.29, 0.717) is 10.8 Å². The number of hydrogen-bond donors (Lipinski definition) is 1. The summed E-state index contributed by atoms with van der Waals surface area (Å²) in [5.74, 6) is 0.294.